The van der Waals surface area contributed by atoms with Crippen molar-refractivity contribution in [1.29, 1.82) is 5.26 Å². The Morgan fingerprint density at radius 3 is 2.47 bits per heavy atom. The summed E-state index contributed by atoms with van der Waals surface area (Å²) in [6.07, 6.45) is 0.274. The molecule has 0 spiro atoms. The second-order valence-corrected chi connectivity index (χ2v) is 3.42. The van der Waals surface area contributed by atoms with Gasteiger partial charge in [0.15, 0.2) is 5.78 Å². The van der Waals surface area contributed by atoms with Crippen LogP contribution in [-0.2, 0) is 0 Å². The minimum absolute atomic E-state index is 0.0185. The van der Waals surface area contributed by atoms with Gasteiger partial charge in [-0.25, -0.2) is 4.79 Å². The highest BCUT2D eigenvalue weighted by Gasteiger charge is 2.02. The molecule has 0 aliphatic heterocycles. The Balaban J connectivity index is 2.49. The van der Waals surface area contributed by atoms with Gasteiger partial charge in [-0.3, -0.25) is 4.79 Å². The SMILES string of the molecule is CC(=O)c1ccc(NC(=O)NCCC#N)cc1. The van der Waals surface area contributed by atoms with Crippen molar-refractivity contribution < 1.29 is 9.59 Å². The topological polar surface area (TPSA) is 82.0 Å². The van der Waals surface area contributed by atoms with Crippen LogP contribution in [-0.4, -0.2) is 18.4 Å². The first-order valence-electron chi connectivity index (χ1n) is 5.16. The van der Waals surface area contributed by atoms with Crippen LogP contribution in [0.1, 0.15) is 23.7 Å². The van der Waals surface area contributed by atoms with E-state index < -0.39 is 0 Å². The van der Waals surface area contributed by atoms with Gasteiger partial charge in [0.25, 0.3) is 0 Å². The Morgan fingerprint density at radius 1 is 1.29 bits per heavy atom. The van der Waals surface area contributed by atoms with E-state index in [0.717, 1.165) is 0 Å². The number of amides is 2. The lowest BCUT2D eigenvalue weighted by atomic mass is 10.1. The lowest BCUT2D eigenvalue weighted by Gasteiger charge is -2.06. The van der Waals surface area contributed by atoms with Crippen molar-refractivity contribution in [3.8, 4) is 6.07 Å². The normalized spacial score (nSPS) is 9.18. The number of Topliss-reactive ketones (excluding diaryl/α,β-unsaturated/α-hetero) is 1. The smallest absolute Gasteiger partial charge is 0.319 e. The number of urea groups is 1. The first-order chi connectivity index (χ1) is 8.13. The number of rotatable bonds is 4. The van der Waals surface area contributed by atoms with E-state index in [0.29, 0.717) is 17.8 Å². The average molecular weight is 231 g/mol. The maximum Gasteiger partial charge on any atom is 0.319 e. The summed E-state index contributed by atoms with van der Waals surface area (Å²) < 4.78 is 0. The monoisotopic (exact) mass is 231 g/mol. The maximum absolute atomic E-state index is 11.3. The Bertz CT molecular complexity index is 446. The van der Waals surface area contributed by atoms with Crippen LogP contribution in [0.3, 0.4) is 0 Å². The van der Waals surface area contributed by atoms with Crippen LogP contribution in [0.5, 0.6) is 0 Å². The predicted molar refractivity (Wildman–Crippen MR) is 63.7 cm³/mol. The van der Waals surface area contributed by atoms with Gasteiger partial charge >= 0.3 is 6.03 Å². The molecule has 0 fully saturated rings. The van der Waals surface area contributed by atoms with Gasteiger partial charge in [0.1, 0.15) is 0 Å². The number of hydrogen-bond acceptors (Lipinski definition) is 3. The van der Waals surface area contributed by atoms with Crippen LogP contribution in [0.2, 0.25) is 0 Å². The summed E-state index contributed by atoms with van der Waals surface area (Å²) in [4.78, 5) is 22.3. The fraction of sp³-hybridized carbons (Fsp3) is 0.250. The van der Waals surface area contributed by atoms with Crippen molar-refractivity contribution in [2.75, 3.05) is 11.9 Å². The lowest BCUT2D eigenvalue weighted by molar-refractivity contribution is 0.101. The largest absolute Gasteiger partial charge is 0.337 e. The Labute approximate surface area is 99.4 Å². The van der Waals surface area contributed by atoms with Crippen LogP contribution in [0.25, 0.3) is 0 Å². The third-order valence-corrected chi connectivity index (χ3v) is 2.07. The first-order valence-corrected chi connectivity index (χ1v) is 5.16. The van der Waals surface area contributed by atoms with Gasteiger partial charge in [0.05, 0.1) is 12.5 Å². The summed E-state index contributed by atoms with van der Waals surface area (Å²) in [5.74, 6) is -0.0185. The molecule has 0 bridgehead atoms. The Kier molecular flexibility index (Phi) is 4.70. The summed E-state index contributed by atoms with van der Waals surface area (Å²) in [6.45, 7) is 1.80. The van der Waals surface area contributed by atoms with E-state index in [9.17, 15) is 9.59 Å². The summed E-state index contributed by atoms with van der Waals surface area (Å²) >= 11 is 0. The van der Waals surface area contributed by atoms with E-state index in [-0.39, 0.29) is 18.2 Å². The molecule has 0 aromatic heterocycles. The third kappa shape index (κ3) is 4.34. The molecule has 0 aliphatic rings. The number of carbonyl (C=O) groups excluding carboxylic acids is 2. The van der Waals surface area contributed by atoms with E-state index in [1.54, 1.807) is 24.3 Å². The zero-order chi connectivity index (χ0) is 12.7. The van der Waals surface area contributed by atoms with Gasteiger partial charge in [-0.05, 0) is 31.2 Å². The van der Waals surface area contributed by atoms with Crippen molar-refractivity contribution in [2.24, 2.45) is 0 Å². The summed E-state index contributed by atoms with van der Waals surface area (Å²) in [6, 6.07) is 8.16. The highest BCUT2D eigenvalue weighted by molar-refractivity contribution is 5.95. The molecule has 0 atom stereocenters. The van der Waals surface area contributed by atoms with Crippen molar-refractivity contribution in [1.82, 2.24) is 5.32 Å². The molecule has 0 radical (unpaired) electrons. The van der Waals surface area contributed by atoms with Crippen molar-refractivity contribution in [3.63, 3.8) is 0 Å². The summed E-state index contributed by atoms with van der Waals surface area (Å²) in [5, 5.41) is 13.4. The molecular formula is C12H13N3O2. The van der Waals surface area contributed by atoms with Crippen molar-refractivity contribution in [3.05, 3.63) is 29.8 Å². The average Bonchev–Trinajstić information content (AvgIpc) is 2.30. The van der Waals surface area contributed by atoms with Crippen LogP contribution in [0, 0.1) is 11.3 Å². The zero-order valence-electron chi connectivity index (χ0n) is 9.49. The number of nitrogens with one attached hydrogen (secondary N) is 2. The van der Waals surface area contributed by atoms with E-state index in [4.69, 9.17) is 5.26 Å². The number of hydrogen-bond donors (Lipinski definition) is 2. The van der Waals surface area contributed by atoms with Gasteiger partial charge in [0.2, 0.25) is 0 Å². The standard InChI is InChI=1S/C12H13N3O2/c1-9(16)10-3-5-11(6-4-10)15-12(17)14-8-2-7-13/h3-6H,2,8H2,1H3,(H2,14,15,17). The van der Waals surface area contributed by atoms with Crippen LogP contribution < -0.4 is 10.6 Å². The van der Waals surface area contributed by atoms with Gasteiger partial charge in [0, 0.05) is 17.8 Å². The van der Waals surface area contributed by atoms with E-state index >= 15 is 0 Å². The molecule has 1 aromatic carbocycles. The van der Waals surface area contributed by atoms with Crippen molar-refractivity contribution in [2.45, 2.75) is 13.3 Å². The molecule has 0 aliphatic carbocycles. The predicted octanol–water partition coefficient (Wildman–Crippen LogP) is 1.92. The number of benzene rings is 1. The molecule has 1 rings (SSSR count). The summed E-state index contributed by atoms with van der Waals surface area (Å²) in [7, 11) is 0. The minimum Gasteiger partial charge on any atom is -0.337 e. The lowest BCUT2D eigenvalue weighted by Crippen LogP contribution is -2.29. The molecule has 0 heterocycles. The second kappa shape index (κ2) is 6.28. The molecule has 17 heavy (non-hydrogen) atoms. The maximum atomic E-state index is 11.3. The molecule has 2 N–H and O–H groups in total. The number of nitriles is 1. The number of anilines is 1. The van der Waals surface area contributed by atoms with Crippen LogP contribution in [0.4, 0.5) is 10.5 Å². The fourth-order valence-electron chi connectivity index (χ4n) is 1.20. The third-order valence-electron chi connectivity index (χ3n) is 2.07. The van der Waals surface area contributed by atoms with Crippen LogP contribution >= 0.6 is 0 Å². The van der Waals surface area contributed by atoms with Crippen LogP contribution in [0.15, 0.2) is 24.3 Å². The van der Waals surface area contributed by atoms with Gasteiger partial charge < -0.3 is 10.6 Å². The van der Waals surface area contributed by atoms with Gasteiger partial charge in [-0.15, -0.1) is 0 Å². The quantitative estimate of drug-likeness (QED) is 0.613. The fourth-order valence-corrected chi connectivity index (χ4v) is 1.20. The number of ketones is 1. The van der Waals surface area contributed by atoms with E-state index in [1.807, 2.05) is 6.07 Å². The van der Waals surface area contributed by atoms with Crippen molar-refractivity contribution >= 4 is 17.5 Å². The Hall–Kier alpha value is -2.35. The molecule has 5 nitrogen and oxygen atoms in total. The Morgan fingerprint density at radius 2 is 1.94 bits per heavy atom. The molecule has 0 saturated carbocycles. The minimum atomic E-state index is -0.365. The number of carbonyl (C=O) groups is 2. The first kappa shape index (κ1) is 12.7. The summed E-state index contributed by atoms with van der Waals surface area (Å²) in [5.41, 5.74) is 1.20. The molecule has 5 heteroatoms. The molecule has 0 unspecified atom stereocenters. The molecule has 2 amide bonds. The van der Waals surface area contributed by atoms with Gasteiger partial charge in [-0.2, -0.15) is 5.26 Å². The highest BCUT2D eigenvalue weighted by atomic mass is 16.2. The molecule has 0 saturated heterocycles. The van der Waals surface area contributed by atoms with Gasteiger partial charge in [-0.1, -0.05) is 0 Å². The number of nitrogens with zero attached hydrogens (tertiary/aromatic N) is 1. The van der Waals surface area contributed by atoms with E-state index in [2.05, 4.69) is 10.6 Å². The molecule has 1 aromatic rings. The highest BCUT2D eigenvalue weighted by Crippen LogP contribution is 2.09. The zero-order valence-corrected chi connectivity index (χ0v) is 9.49. The molecular weight excluding hydrogens is 218 g/mol. The van der Waals surface area contributed by atoms with E-state index in [1.165, 1.54) is 6.92 Å². The second-order valence-electron chi connectivity index (χ2n) is 3.42. The molecule has 88 valence electrons.